The van der Waals surface area contributed by atoms with E-state index in [0.717, 1.165) is 5.75 Å². The Morgan fingerprint density at radius 2 is 2.00 bits per heavy atom. The molecule has 1 aromatic carbocycles. The number of amides is 1. The minimum Gasteiger partial charge on any atom is -0.493 e. The van der Waals surface area contributed by atoms with Crippen molar-refractivity contribution in [3.8, 4) is 11.5 Å². The lowest BCUT2D eigenvalue weighted by Gasteiger charge is -2.24. The van der Waals surface area contributed by atoms with Crippen LogP contribution in [0.25, 0.3) is 0 Å². The smallest absolute Gasteiger partial charge is 0.306 e. The summed E-state index contributed by atoms with van der Waals surface area (Å²) in [6, 6.07) is 7.42. The highest BCUT2D eigenvalue weighted by Gasteiger charge is 2.30. The first-order valence-corrected chi connectivity index (χ1v) is 9.03. The minimum atomic E-state index is -0.334. The van der Waals surface area contributed by atoms with Gasteiger partial charge in [0.25, 0.3) is 0 Å². The van der Waals surface area contributed by atoms with Crippen LogP contribution in [0, 0.1) is 0 Å². The molecule has 1 fully saturated rings. The monoisotopic (exact) mass is 353 g/mol. The highest BCUT2D eigenvalue weighted by molar-refractivity contribution is 8.00. The molecule has 0 aromatic heterocycles. The largest absolute Gasteiger partial charge is 0.493 e. The first-order chi connectivity index (χ1) is 11.7. The molecule has 0 aliphatic carbocycles. The van der Waals surface area contributed by atoms with Crippen molar-refractivity contribution >= 4 is 23.6 Å². The highest BCUT2D eigenvalue weighted by Crippen LogP contribution is 2.29. The van der Waals surface area contributed by atoms with E-state index in [9.17, 15) is 9.59 Å². The van der Waals surface area contributed by atoms with E-state index in [0.29, 0.717) is 31.3 Å². The average molecular weight is 353 g/mol. The van der Waals surface area contributed by atoms with Gasteiger partial charge >= 0.3 is 5.97 Å². The van der Waals surface area contributed by atoms with Gasteiger partial charge < -0.3 is 19.1 Å². The molecule has 1 aromatic rings. The summed E-state index contributed by atoms with van der Waals surface area (Å²) in [5.74, 6) is 1.82. The molecule has 1 saturated heterocycles. The van der Waals surface area contributed by atoms with E-state index in [1.165, 1.54) is 0 Å². The van der Waals surface area contributed by atoms with Crippen molar-refractivity contribution in [1.82, 2.24) is 4.90 Å². The molecule has 7 heteroatoms. The van der Waals surface area contributed by atoms with Gasteiger partial charge in [-0.05, 0) is 19.1 Å². The highest BCUT2D eigenvalue weighted by atomic mass is 32.2. The van der Waals surface area contributed by atoms with E-state index in [4.69, 9.17) is 14.2 Å². The predicted octanol–water partition coefficient (Wildman–Crippen LogP) is 2.32. The number of esters is 1. The van der Waals surface area contributed by atoms with E-state index in [1.54, 1.807) is 30.7 Å². The summed E-state index contributed by atoms with van der Waals surface area (Å²) in [4.78, 5) is 25.5. The Balaban J connectivity index is 1.86. The van der Waals surface area contributed by atoms with E-state index in [1.807, 2.05) is 24.3 Å². The lowest BCUT2D eigenvalue weighted by molar-refractivity contribution is -0.145. The van der Waals surface area contributed by atoms with Crippen LogP contribution in [0.15, 0.2) is 24.3 Å². The number of nitrogens with zero attached hydrogens (tertiary/aromatic N) is 1. The summed E-state index contributed by atoms with van der Waals surface area (Å²) < 4.78 is 15.9. The molecule has 0 radical (unpaired) electrons. The third kappa shape index (κ3) is 5.06. The van der Waals surface area contributed by atoms with Crippen molar-refractivity contribution in [3.05, 3.63) is 24.3 Å². The Bertz CT molecular complexity index is 566. The van der Waals surface area contributed by atoms with Crippen LogP contribution in [0.3, 0.4) is 0 Å². The van der Waals surface area contributed by atoms with E-state index >= 15 is 0 Å². The molecule has 24 heavy (non-hydrogen) atoms. The lowest BCUT2D eigenvalue weighted by atomic mass is 10.2. The third-order valence-electron chi connectivity index (χ3n) is 3.61. The topological polar surface area (TPSA) is 65.1 Å². The van der Waals surface area contributed by atoms with E-state index in [2.05, 4.69) is 0 Å². The molecule has 1 heterocycles. The van der Waals surface area contributed by atoms with Gasteiger partial charge in [-0.1, -0.05) is 12.1 Å². The fourth-order valence-electron chi connectivity index (χ4n) is 2.43. The number of carbonyl (C=O) groups is 2. The summed E-state index contributed by atoms with van der Waals surface area (Å²) in [5.41, 5.74) is 0. The number of para-hydroxylation sites is 2. The molecule has 1 aliphatic heterocycles. The third-order valence-corrected chi connectivity index (χ3v) is 4.80. The molecule has 1 unspecified atom stereocenters. The van der Waals surface area contributed by atoms with Gasteiger partial charge in [0.15, 0.2) is 11.5 Å². The van der Waals surface area contributed by atoms with Crippen LogP contribution in [-0.2, 0) is 14.3 Å². The van der Waals surface area contributed by atoms with Crippen LogP contribution in [0.5, 0.6) is 11.5 Å². The number of ether oxygens (including phenoxy) is 3. The number of carbonyl (C=O) groups excluding carboxylic acids is 2. The number of methoxy groups -OCH3 is 1. The molecule has 1 aliphatic rings. The molecular formula is C17H23NO5S. The van der Waals surface area contributed by atoms with Gasteiger partial charge in [0.2, 0.25) is 5.91 Å². The Hall–Kier alpha value is -1.89. The number of rotatable bonds is 8. The fourth-order valence-corrected chi connectivity index (χ4v) is 3.57. The minimum absolute atomic E-state index is 0.0401. The van der Waals surface area contributed by atoms with Crippen molar-refractivity contribution in [1.29, 1.82) is 0 Å². The van der Waals surface area contributed by atoms with Crippen LogP contribution in [0.4, 0.5) is 0 Å². The first-order valence-electron chi connectivity index (χ1n) is 7.98. The number of thioether (sulfide) groups is 1. The Morgan fingerprint density at radius 1 is 1.25 bits per heavy atom. The molecule has 0 N–H and O–H groups in total. The number of hydrogen-bond donors (Lipinski definition) is 0. The van der Waals surface area contributed by atoms with Gasteiger partial charge in [-0.15, -0.1) is 11.8 Å². The van der Waals surface area contributed by atoms with Gasteiger partial charge in [0.05, 0.1) is 20.1 Å². The zero-order valence-corrected chi connectivity index (χ0v) is 14.8. The van der Waals surface area contributed by atoms with Crippen molar-refractivity contribution in [2.45, 2.75) is 25.1 Å². The normalized spacial score (nSPS) is 16.8. The van der Waals surface area contributed by atoms with Crippen LogP contribution in [0.2, 0.25) is 0 Å². The standard InChI is InChI=1S/C17H23NO5S/c1-3-22-17(20)9-8-15(19)18-10-11-24-16(18)12-23-14-7-5-4-6-13(14)21-2/h4-7,16H,3,8-12H2,1-2H3. The molecule has 1 atom stereocenters. The van der Waals surface area contributed by atoms with E-state index < -0.39 is 0 Å². The summed E-state index contributed by atoms with van der Waals surface area (Å²) in [6.45, 7) is 3.15. The van der Waals surface area contributed by atoms with Gasteiger partial charge in [-0.2, -0.15) is 0 Å². The van der Waals surface area contributed by atoms with Crippen LogP contribution < -0.4 is 9.47 Å². The van der Waals surface area contributed by atoms with Crippen molar-refractivity contribution in [3.63, 3.8) is 0 Å². The Kier molecular flexibility index (Phi) is 7.24. The van der Waals surface area contributed by atoms with E-state index in [-0.39, 0.29) is 30.1 Å². The van der Waals surface area contributed by atoms with Gasteiger partial charge in [0.1, 0.15) is 12.0 Å². The average Bonchev–Trinajstić information content (AvgIpc) is 3.07. The molecule has 0 saturated carbocycles. The molecule has 0 spiro atoms. The Labute approximate surface area is 146 Å². The molecular weight excluding hydrogens is 330 g/mol. The predicted molar refractivity (Wildman–Crippen MR) is 92.3 cm³/mol. The summed E-state index contributed by atoms with van der Waals surface area (Å²) >= 11 is 1.68. The molecule has 132 valence electrons. The van der Waals surface area contributed by atoms with Crippen LogP contribution in [-0.4, -0.2) is 54.8 Å². The van der Waals surface area contributed by atoms with Crippen LogP contribution in [0.1, 0.15) is 19.8 Å². The summed E-state index contributed by atoms with van der Waals surface area (Å²) in [6.07, 6.45) is 0.290. The first kappa shape index (κ1) is 18.4. The summed E-state index contributed by atoms with van der Waals surface area (Å²) in [7, 11) is 1.59. The maximum Gasteiger partial charge on any atom is 0.306 e. The second-order valence-electron chi connectivity index (χ2n) is 5.18. The molecule has 2 rings (SSSR count). The fraction of sp³-hybridized carbons (Fsp3) is 0.529. The maximum absolute atomic E-state index is 12.3. The zero-order valence-electron chi connectivity index (χ0n) is 14.0. The number of hydrogen-bond acceptors (Lipinski definition) is 6. The Morgan fingerprint density at radius 3 is 2.71 bits per heavy atom. The molecule has 0 bridgehead atoms. The van der Waals surface area contributed by atoms with Crippen LogP contribution >= 0.6 is 11.8 Å². The quantitative estimate of drug-likeness (QED) is 0.668. The maximum atomic E-state index is 12.3. The summed E-state index contributed by atoms with van der Waals surface area (Å²) in [5, 5.41) is -0.0513. The molecule has 1 amide bonds. The van der Waals surface area contributed by atoms with Crippen molar-refractivity contribution < 1.29 is 23.8 Å². The number of benzene rings is 1. The second-order valence-corrected chi connectivity index (χ2v) is 6.47. The van der Waals surface area contributed by atoms with Crippen molar-refractivity contribution in [2.24, 2.45) is 0 Å². The van der Waals surface area contributed by atoms with Crippen molar-refractivity contribution in [2.75, 3.05) is 32.6 Å². The SMILES string of the molecule is CCOC(=O)CCC(=O)N1CCSC1COc1ccccc1OC. The zero-order chi connectivity index (χ0) is 17.4. The molecule has 6 nitrogen and oxygen atoms in total. The lowest BCUT2D eigenvalue weighted by Crippen LogP contribution is -2.38. The van der Waals surface area contributed by atoms with Gasteiger partial charge in [0, 0.05) is 18.7 Å². The second kappa shape index (κ2) is 9.42. The van der Waals surface area contributed by atoms with Gasteiger partial charge in [-0.25, -0.2) is 0 Å². The van der Waals surface area contributed by atoms with Gasteiger partial charge in [-0.3, -0.25) is 9.59 Å².